The fourth-order valence-corrected chi connectivity index (χ4v) is 2.12. The predicted molar refractivity (Wildman–Crippen MR) is 61.0 cm³/mol. The molecular formula is C12H14FNO3. The van der Waals surface area contributed by atoms with E-state index in [2.05, 4.69) is 0 Å². The van der Waals surface area contributed by atoms with Gasteiger partial charge in [-0.2, -0.15) is 0 Å². The number of phenolic OH excluding ortho intramolecular Hbond substituents is 1. The van der Waals surface area contributed by atoms with Gasteiger partial charge in [0.15, 0.2) is 0 Å². The molecule has 2 rings (SSSR count). The van der Waals surface area contributed by atoms with Crippen LogP contribution in [0.3, 0.4) is 0 Å². The molecule has 1 fully saturated rings. The van der Waals surface area contributed by atoms with Crippen molar-refractivity contribution in [1.29, 1.82) is 0 Å². The van der Waals surface area contributed by atoms with Crippen LogP contribution in [-0.2, 0) is 4.79 Å². The van der Waals surface area contributed by atoms with Crippen LogP contribution in [0, 0.1) is 0 Å². The monoisotopic (exact) mass is 239 g/mol. The van der Waals surface area contributed by atoms with Gasteiger partial charge < -0.3 is 15.1 Å². The molecular weight excluding hydrogens is 225 g/mol. The molecule has 0 aromatic heterocycles. The van der Waals surface area contributed by atoms with E-state index in [1.165, 1.54) is 6.07 Å². The first kappa shape index (κ1) is 11.7. The summed E-state index contributed by atoms with van der Waals surface area (Å²) in [5.74, 6) is -1.39. The third-order valence-electron chi connectivity index (χ3n) is 3.05. The number of aromatic hydroxyl groups is 1. The van der Waals surface area contributed by atoms with Crippen LogP contribution in [0.2, 0.25) is 0 Å². The third-order valence-corrected chi connectivity index (χ3v) is 3.05. The highest BCUT2D eigenvalue weighted by Gasteiger charge is 2.43. The summed E-state index contributed by atoms with van der Waals surface area (Å²) in [5.41, 5.74) is -1.74. The van der Waals surface area contributed by atoms with E-state index in [0.717, 1.165) is 0 Å². The van der Waals surface area contributed by atoms with Gasteiger partial charge in [0.1, 0.15) is 5.75 Å². The van der Waals surface area contributed by atoms with Gasteiger partial charge in [-0.3, -0.25) is 0 Å². The Morgan fingerprint density at radius 2 is 2.12 bits per heavy atom. The Morgan fingerprint density at radius 3 is 2.76 bits per heavy atom. The van der Waals surface area contributed by atoms with E-state index < -0.39 is 11.6 Å². The van der Waals surface area contributed by atoms with Crippen LogP contribution >= 0.6 is 0 Å². The van der Waals surface area contributed by atoms with Gasteiger partial charge >= 0.3 is 5.97 Å². The van der Waals surface area contributed by atoms with Crippen molar-refractivity contribution in [2.24, 2.45) is 0 Å². The van der Waals surface area contributed by atoms with Crippen molar-refractivity contribution in [2.45, 2.75) is 18.5 Å². The lowest BCUT2D eigenvalue weighted by Crippen LogP contribution is -2.50. The van der Waals surface area contributed by atoms with Gasteiger partial charge in [-0.05, 0) is 25.0 Å². The summed E-state index contributed by atoms with van der Waals surface area (Å²) in [5, 5.41) is 18.5. The number of benzene rings is 1. The van der Waals surface area contributed by atoms with Crippen molar-refractivity contribution in [2.75, 3.05) is 18.0 Å². The van der Waals surface area contributed by atoms with Crippen LogP contribution in [0.1, 0.15) is 12.8 Å². The first-order valence-electron chi connectivity index (χ1n) is 5.48. The number of anilines is 1. The highest BCUT2D eigenvalue weighted by molar-refractivity contribution is 5.79. The minimum absolute atomic E-state index is 0.0203. The smallest absolute Gasteiger partial charge is 0.343 e. The first-order valence-corrected chi connectivity index (χ1v) is 5.48. The van der Waals surface area contributed by atoms with Gasteiger partial charge in [0.2, 0.25) is 5.67 Å². The Labute approximate surface area is 98.3 Å². The first-order chi connectivity index (χ1) is 8.03. The van der Waals surface area contributed by atoms with Crippen LogP contribution < -0.4 is 4.90 Å². The summed E-state index contributed by atoms with van der Waals surface area (Å²) >= 11 is 0. The molecule has 17 heavy (non-hydrogen) atoms. The molecule has 0 spiro atoms. The highest BCUT2D eigenvalue weighted by atomic mass is 19.1. The molecule has 1 atom stereocenters. The lowest BCUT2D eigenvalue weighted by Gasteiger charge is -2.36. The standard InChI is InChI=1S/C12H14FNO3/c13-12(11(16)17)6-3-7-14(8-12)9-4-1-2-5-10(9)15/h1-2,4-5,15H,3,6-8H2,(H,16,17). The van der Waals surface area contributed by atoms with E-state index in [9.17, 15) is 14.3 Å². The number of hydrogen-bond donors (Lipinski definition) is 2. The summed E-state index contributed by atoms with van der Waals surface area (Å²) in [7, 11) is 0. The summed E-state index contributed by atoms with van der Waals surface area (Å²) in [6.45, 7) is 0.330. The number of carboxylic acids is 1. The van der Waals surface area contributed by atoms with E-state index in [-0.39, 0.29) is 18.7 Å². The van der Waals surface area contributed by atoms with Crippen molar-refractivity contribution in [1.82, 2.24) is 0 Å². The van der Waals surface area contributed by atoms with Crippen molar-refractivity contribution in [3.63, 3.8) is 0 Å². The van der Waals surface area contributed by atoms with E-state index in [1.807, 2.05) is 0 Å². The Hall–Kier alpha value is -1.78. The van der Waals surface area contributed by atoms with Crippen LogP contribution in [0.25, 0.3) is 0 Å². The predicted octanol–water partition coefficient (Wildman–Crippen LogP) is 1.79. The van der Waals surface area contributed by atoms with Gasteiger partial charge in [-0.15, -0.1) is 0 Å². The van der Waals surface area contributed by atoms with Gasteiger partial charge in [-0.25, -0.2) is 9.18 Å². The Balaban J connectivity index is 2.24. The number of halogens is 1. The van der Waals surface area contributed by atoms with Crippen molar-refractivity contribution >= 4 is 11.7 Å². The van der Waals surface area contributed by atoms with E-state index in [0.29, 0.717) is 18.7 Å². The SMILES string of the molecule is O=C(O)C1(F)CCCN(c2ccccc2O)C1. The molecule has 0 bridgehead atoms. The molecule has 0 aliphatic carbocycles. The Morgan fingerprint density at radius 1 is 1.41 bits per heavy atom. The average Bonchev–Trinajstić information content (AvgIpc) is 2.29. The molecule has 2 N–H and O–H groups in total. The molecule has 1 unspecified atom stereocenters. The molecule has 5 heteroatoms. The highest BCUT2D eigenvalue weighted by Crippen LogP contribution is 2.33. The molecule has 1 heterocycles. The van der Waals surface area contributed by atoms with Crippen molar-refractivity contribution in [3.05, 3.63) is 24.3 Å². The molecule has 0 saturated carbocycles. The third kappa shape index (κ3) is 2.18. The van der Waals surface area contributed by atoms with Crippen LogP contribution in [0.5, 0.6) is 5.75 Å². The number of alkyl halides is 1. The zero-order chi connectivity index (χ0) is 12.5. The number of piperidine rings is 1. The zero-order valence-electron chi connectivity index (χ0n) is 9.27. The Kier molecular flexibility index (Phi) is 2.92. The van der Waals surface area contributed by atoms with Crippen LogP contribution in [0.4, 0.5) is 10.1 Å². The van der Waals surface area contributed by atoms with Gasteiger partial charge in [0, 0.05) is 6.54 Å². The summed E-state index contributed by atoms with van der Waals surface area (Å²) < 4.78 is 14.0. The molecule has 1 aliphatic heterocycles. The van der Waals surface area contributed by atoms with Crippen LogP contribution in [-0.4, -0.2) is 34.9 Å². The number of hydrogen-bond acceptors (Lipinski definition) is 3. The van der Waals surface area contributed by atoms with Crippen molar-refractivity contribution in [3.8, 4) is 5.75 Å². The van der Waals surface area contributed by atoms with Gasteiger partial charge in [0.05, 0.1) is 12.2 Å². The van der Waals surface area contributed by atoms with Gasteiger partial charge in [0.25, 0.3) is 0 Å². The zero-order valence-corrected chi connectivity index (χ0v) is 9.27. The Bertz CT molecular complexity index is 438. The van der Waals surface area contributed by atoms with E-state index in [1.54, 1.807) is 23.1 Å². The van der Waals surface area contributed by atoms with E-state index in [4.69, 9.17) is 5.11 Å². The molecule has 1 aliphatic rings. The molecule has 0 radical (unpaired) electrons. The fraction of sp³-hybridized carbons (Fsp3) is 0.417. The topological polar surface area (TPSA) is 60.8 Å². The largest absolute Gasteiger partial charge is 0.506 e. The number of rotatable bonds is 2. The molecule has 1 aromatic rings. The van der Waals surface area contributed by atoms with Gasteiger partial charge in [-0.1, -0.05) is 12.1 Å². The maximum Gasteiger partial charge on any atom is 0.343 e. The molecule has 1 aromatic carbocycles. The molecule has 0 amide bonds. The fourth-order valence-electron chi connectivity index (χ4n) is 2.12. The summed E-state index contributed by atoms with van der Waals surface area (Å²) in [6, 6.07) is 6.56. The number of para-hydroxylation sites is 2. The number of carbonyl (C=O) groups is 1. The normalized spacial score (nSPS) is 24.6. The number of aliphatic carboxylic acids is 1. The average molecular weight is 239 g/mol. The number of phenols is 1. The lowest BCUT2D eigenvalue weighted by molar-refractivity contribution is -0.151. The van der Waals surface area contributed by atoms with Crippen molar-refractivity contribution < 1.29 is 19.4 Å². The summed E-state index contributed by atoms with van der Waals surface area (Å²) in [4.78, 5) is 12.5. The molecule has 1 saturated heterocycles. The summed E-state index contributed by atoms with van der Waals surface area (Å²) in [6.07, 6.45) is 0.476. The second-order valence-corrected chi connectivity index (χ2v) is 4.28. The minimum atomic E-state index is -2.22. The second kappa shape index (κ2) is 4.24. The van der Waals surface area contributed by atoms with E-state index >= 15 is 0 Å². The second-order valence-electron chi connectivity index (χ2n) is 4.28. The minimum Gasteiger partial charge on any atom is -0.506 e. The molecule has 92 valence electrons. The number of carboxylic acid groups (broad SMARTS) is 1. The lowest BCUT2D eigenvalue weighted by atomic mass is 9.94. The maximum absolute atomic E-state index is 14.0. The maximum atomic E-state index is 14.0. The molecule has 4 nitrogen and oxygen atoms in total. The number of nitrogens with zero attached hydrogens (tertiary/aromatic N) is 1. The quantitative estimate of drug-likeness (QED) is 0.826. The van der Waals surface area contributed by atoms with Crippen LogP contribution in [0.15, 0.2) is 24.3 Å².